The van der Waals surface area contributed by atoms with Gasteiger partial charge in [-0.2, -0.15) is 0 Å². The topological polar surface area (TPSA) is 30.5 Å². The molecule has 1 aromatic carbocycles. The Kier molecular flexibility index (Phi) is 4.86. The third-order valence-electron chi connectivity index (χ3n) is 2.48. The van der Waals surface area contributed by atoms with Crippen molar-refractivity contribution in [2.24, 2.45) is 0 Å². The molecule has 1 unspecified atom stereocenters. The summed E-state index contributed by atoms with van der Waals surface area (Å²) in [5, 5.41) is 3.32. The first-order valence-electron chi connectivity index (χ1n) is 5.29. The second-order valence-electron chi connectivity index (χ2n) is 3.53. The Balaban J connectivity index is 2.85. The normalized spacial score (nSPS) is 11.9. The molecule has 0 aliphatic carbocycles. The van der Waals surface area contributed by atoms with Crippen LogP contribution in [-0.4, -0.2) is 20.8 Å². The first-order valence-corrected chi connectivity index (χ1v) is 5.29. The molecule has 1 N–H and O–H groups in total. The molecule has 0 amide bonds. The molecule has 3 nitrogen and oxygen atoms in total. The number of benzene rings is 1. The zero-order chi connectivity index (χ0) is 12.0. The highest BCUT2D eigenvalue weighted by Crippen LogP contribution is 2.29. The van der Waals surface area contributed by atoms with Crippen molar-refractivity contribution < 1.29 is 9.47 Å². The van der Waals surface area contributed by atoms with Crippen LogP contribution in [0.1, 0.15) is 18.5 Å². The molecule has 0 saturated carbocycles. The molecule has 0 heterocycles. The molecule has 1 aromatic rings. The minimum Gasteiger partial charge on any atom is -0.493 e. The molecule has 0 radical (unpaired) electrons. The predicted octanol–water partition coefficient (Wildman–Crippen LogP) is 2.54. The van der Waals surface area contributed by atoms with Gasteiger partial charge in [-0.3, -0.25) is 0 Å². The van der Waals surface area contributed by atoms with Gasteiger partial charge in [0.2, 0.25) is 0 Å². The molecule has 88 valence electrons. The lowest BCUT2D eigenvalue weighted by atomic mass is 10.1. The number of rotatable bonds is 6. The Bertz CT molecular complexity index is 350. The van der Waals surface area contributed by atoms with E-state index in [4.69, 9.17) is 9.47 Å². The summed E-state index contributed by atoms with van der Waals surface area (Å²) < 4.78 is 10.4. The highest BCUT2D eigenvalue weighted by Gasteiger charge is 2.08. The van der Waals surface area contributed by atoms with Crippen LogP contribution < -0.4 is 14.8 Å². The summed E-state index contributed by atoms with van der Waals surface area (Å²) in [5.74, 6) is 1.51. The maximum absolute atomic E-state index is 5.26. The van der Waals surface area contributed by atoms with Crippen molar-refractivity contribution >= 4 is 0 Å². The van der Waals surface area contributed by atoms with Gasteiger partial charge >= 0.3 is 0 Å². The quantitative estimate of drug-likeness (QED) is 0.749. The van der Waals surface area contributed by atoms with Crippen molar-refractivity contribution in [3.8, 4) is 11.5 Å². The van der Waals surface area contributed by atoms with Crippen LogP contribution in [0.5, 0.6) is 11.5 Å². The largest absolute Gasteiger partial charge is 0.493 e. The van der Waals surface area contributed by atoms with E-state index >= 15 is 0 Å². The maximum atomic E-state index is 5.26. The summed E-state index contributed by atoms with van der Waals surface area (Å²) in [5.41, 5.74) is 1.17. The highest BCUT2D eigenvalue weighted by atomic mass is 16.5. The summed E-state index contributed by atoms with van der Waals surface area (Å²) in [7, 11) is 3.28. The van der Waals surface area contributed by atoms with Gasteiger partial charge in [0, 0.05) is 12.6 Å². The Morgan fingerprint density at radius 3 is 2.56 bits per heavy atom. The van der Waals surface area contributed by atoms with E-state index in [1.165, 1.54) is 5.56 Å². The second kappa shape index (κ2) is 6.18. The van der Waals surface area contributed by atoms with Crippen LogP contribution in [0, 0.1) is 0 Å². The highest BCUT2D eigenvalue weighted by molar-refractivity contribution is 5.43. The van der Waals surface area contributed by atoms with Crippen molar-refractivity contribution in [2.75, 3.05) is 20.8 Å². The first kappa shape index (κ1) is 12.6. The summed E-state index contributed by atoms with van der Waals surface area (Å²) in [6.07, 6.45) is 1.84. The summed E-state index contributed by atoms with van der Waals surface area (Å²) >= 11 is 0. The minimum absolute atomic E-state index is 0.262. The molecule has 0 bridgehead atoms. The van der Waals surface area contributed by atoms with E-state index in [1.54, 1.807) is 14.2 Å². The van der Waals surface area contributed by atoms with E-state index in [0.717, 1.165) is 18.0 Å². The molecule has 16 heavy (non-hydrogen) atoms. The molecular weight excluding hydrogens is 202 g/mol. The molecule has 1 atom stereocenters. The number of hydrogen-bond acceptors (Lipinski definition) is 3. The first-order chi connectivity index (χ1) is 7.72. The van der Waals surface area contributed by atoms with Gasteiger partial charge in [0.25, 0.3) is 0 Å². The molecule has 0 aromatic heterocycles. The van der Waals surface area contributed by atoms with Gasteiger partial charge < -0.3 is 14.8 Å². The Morgan fingerprint density at radius 2 is 2.00 bits per heavy atom. The average Bonchev–Trinajstić information content (AvgIpc) is 2.34. The van der Waals surface area contributed by atoms with Crippen LogP contribution in [0.25, 0.3) is 0 Å². The SMILES string of the molecule is C=CCNC(C)c1ccc(OC)c(OC)c1. The van der Waals surface area contributed by atoms with Gasteiger partial charge in [0.05, 0.1) is 14.2 Å². The van der Waals surface area contributed by atoms with Crippen LogP contribution in [-0.2, 0) is 0 Å². The van der Waals surface area contributed by atoms with Gasteiger partial charge in [0.1, 0.15) is 0 Å². The third kappa shape index (κ3) is 3.00. The van der Waals surface area contributed by atoms with E-state index in [1.807, 2.05) is 24.3 Å². The van der Waals surface area contributed by atoms with Gasteiger partial charge in [-0.05, 0) is 24.6 Å². The van der Waals surface area contributed by atoms with Crippen molar-refractivity contribution in [1.82, 2.24) is 5.32 Å². The second-order valence-corrected chi connectivity index (χ2v) is 3.53. The fourth-order valence-electron chi connectivity index (χ4n) is 1.50. The molecule has 0 spiro atoms. The van der Waals surface area contributed by atoms with Crippen LogP contribution in [0.2, 0.25) is 0 Å². The Labute approximate surface area is 97.1 Å². The van der Waals surface area contributed by atoms with Crippen molar-refractivity contribution in [1.29, 1.82) is 0 Å². The molecule has 0 aliphatic heterocycles. The fraction of sp³-hybridized carbons (Fsp3) is 0.385. The molecule has 0 fully saturated rings. The number of nitrogens with one attached hydrogen (secondary N) is 1. The average molecular weight is 221 g/mol. The van der Waals surface area contributed by atoms with E-state index in [0.29, 0.717) is 0 Å². The van der Waals surface area contributed by atoms with Gasteiger partial charge in [-0.1, -0.05) is 12.1 Å². The van der Waals surface area contributed by atoms with E-state index in [9.17, 15) is 0 Å². The molecule has 1 rings (SSSR count). The standard InChI is InChI=1S/C13H19NO2/c1-5-8-14-10(2)11-6-7-12(15-3)13(9-11)16-4/h5-7,9-10,14H,1,8H2,2-4H3. The van der Waals surface area contributed by atoms with Crippen LogP contribution in [0.3, 0.4) is 0 Å². The van der Waals surface area contributed by atoms with Crippen molar-refractivity contribution in [3.05, 3.63) is 36.4 Å². The van der Waals surface area contributed by atoms with Crippen LogP contribution >= 0.6 is 0 Å². The van der Waals surface area contributed by atoms with E-state index in [2.05, 4.69) is 18.8 Å². The number of ether oxygens (including phenoxy) is 2. The maximum Gasteiger partial charge on any atom is 0.161 e. The Hall–Kier alpha value is -1.48. The van der Waals surface area contributed by atoms with Gasteiger partial charge in [-0.15, -0.1) is 6.58 Å². The Morgan fingerprint density at radius 1 is 1.31 bits per heavy atom. The summed E-state index contributed by atoms with van der Waals surface area (Å²) in [6.45, 7) is 6.57. The monoisotopic (exact) mass is 221 g/mol. The predicted molar refractivity (Wildman–Crippen MR) is 66.2 cm³/mol. The molecule has 0 aliphatic rings. The lowest BCUT2D eigenvalue weighted by molar-refractivity contribution is 0.354. The van der Waals surface area contributed by atoms with Crippen LogP contribution in [0.4, 0.5) is 0 Å². The smallest absolute Gasteiger partial charge is 0.161 e. The van der Waals surface area contributed by atoms with Crippen molar-refractivity contribution in [2.45, 2.75) is 13.0 Å². The fourth-order valence-corrected chi connectivity index (χ4v) is 1.50. The molecular formula is C13H19NO2. The third-order valence-corrected chi connectivity index (χ3v) is 2.48. The zero-order valence-corrected chi connectivity index (χ0v) is 10.1. The van der Waals surface area contributed by atoms with E-state index in [-0.39, 0.29) is 6.04 Å². The molecule has 3 heteroatoms. The van der Waals surface area contributed by atoms with Crippen LogP contribution in [0.15, 0.2) is 30.9 Å². The number of hydrogen-bond donors (Lipinski definition) is 1. The summed E-state index contributed by atoms with van der Waals surface area (Å²) in [4.78, 5) is 0. The van der Waals surface area contributed by atoms with Gasteiger partial charge in [0.15, 0.2) is 11.5 Å². The lowest BCUT2D eigenvalue weighted by Gasteiger charge is -2.15. The van der Waals surface area contributed by atoms with Crippen molar-refractivity contribution in [3.63, 3.8) is 0 Å². The minimum atomic E-state index is 0.262. The van der Waals surface area contributed by atoms with Gasteiger partial charge in [-0.25, -0.2) is 0 Å². The van der Waals surface area contributed by atoms with E-state index < -0.39 is 0 Å². The lowest BCUT2D eigenvalue weighted by Crippen LogP contribution is -2.18. The summed E-state index contributed by atoms with van der Waals surface area (Å²) in [6, 6.07) is 6.19. The zero-order valence-electron chi connectivity index (χ0n) is 10.1. The molecule has 0 saturated heterocycles. The number of methoxy groups -OCH3 is 2.